The zero-order chi connectivity index (χ0) is 13.2. The van der Waals surface area contributed by atoms with Gasteiger partial charge in [0.15, 0.2) is 0 Å². The van der Waals surface area contributed by atoms with Gasteiger partial charge in [0.2, 0.25) is 0 Å². The molecule has 2 fully saturated rings. The number of methoxy groups -OCH3 is 1. The molecule has 4 nitrogen and oxygen atoms in total. The van der Waals surface area contributed by atoms with Crippen molar-refractivity contribution in [3.63, 3.8) is 0 Å². The first-order chi connectivity index (χ1) is 9.26. The van der Waals surface area contributed by atoms with Crippen molar-refractivity contribution in [2.75, 3.05) is 25.1 Å². The molecule has 1 N–H and O–H groups in total. The molecule has 2 aliphatic rings. The average molecular weight is 326 g/mol. The number of hydrogen-bond donors (Lipinski definition) is 1. The fraction of sp³-hybridized carbons (Fsp3) is 0.643. The van der Waals surface area contributed by atoms with E-state index in [0.29, 0.717) is 6.10 Å². The zero-order valence-electron chi connectivity index (χ0n) is 11.2. The van der Waals surface area contributed by atoms with Crippen molar-refractivity contribution in [2.45, 2.75) is 38.0 Å². The summed E-state index contributed by atoms with van der Waals surface area (Å²) in [6.07, 6.45) is 5.94. The molecular formula is C14H20BrN3O. The van der Waals surface area contributed by atoms with Gasteiger partial charge in [-0.3, -0.25) is 0 Å². The summed E-state index contributed by atoms with van der Waals surface area (Å²) in [5.41, 5.74) is 1.28. The van der Waals surface area contributed by atoms with Gasteiger partial charge in [-0.15, -0.1) is 0 Å². The minimum atomic E-state index is 0.342. The first kappa shape index (κ1) is 13.3. The highest BCUT2D eigenvalue weighted by molar-refractivity contribution is 9.10. The van der Waals surface area contributed by atoms with Crippen LogP contribution in [-0.4, -0.2) is 37.3 Å². The van der Waals surface area contributed by atoms with Gasteiger partial charge in [0.25, 0.3) is 0 Å². The molecule has 19 heavy (non-hydrogen) atoms. The van der Waals surface area contributed by atoms with E-state index in [1.807, 2.05) is 6.20 Å². The second-order valence-corrected chi connectivity index (χ2v) is 6.30. The van der Waals surface area contributed by atoms with E-state index in [0.717, 1.165) is 42.4 Å². The lowest BCUT2D eigenvalue weighted by atomic mass is 10.2. The molecule has 0 spiro atoms. The van der Waals surface area contributed by atoms with Crippen molar-refractivity contribution in [3.05, 3.63) is 22.3 Å². The lowest BCUT2D eigenvalue weighted by Gasteiger charge is -2.21. The van der Waals surface area contributed by atoms with Crippen LogP contribution in [0.25, 0.3) is 0 Å². The third-order valence-corrected chi connectivity index (χ3v) is 4.28. The number of pyridine rings is 1. The Hall–Kier alpha value is -0.650. The van der Waals surface area contributed by atoms with Crippen LogP contribution in [0.2, 0.25) is 0 Å². The highest BCUT2D eigenvalue weighted by atomic mass is 79.9. The van der Waals surface area contributed by atoms with Gasteiger partial charge in [0.05, 0.1) is 6.10 Å². The maximum atomic E-state index is 5.44. The molecule has 5 heteroatoms. The fourth-order valence-corrected chi connectivity index (χ4v) is 2.92. The van der Waals surface area contributed by atoms with Crippen molar-refractivity contribution in [2.24, 2.45) is 0 Å². The molecule has 1 atom stereocenters. The summed E-state index contributed by atoms with van der Waals surface area (Å²) in [6, 6.07) is 2.90. The molecule has 1 aliphatic carbocycles. The van der Waals surface area contributed by atoms with E-state index in [9.17, 15) is 0 Å². The summed E-state index contributed by atoms with van der Waals surface area (Å²) in [5.74, 6) is 1.11. The number of aromatic nitrogens is 1. The molecule has 2 heterocycles. The Kier molecular flexibility index (Phi) is 4.05. The summed E-state index contributed by atoms with van der Waals surface area (Å²) in [5, 5.41) is 3.57. The minimum absolute atomic E-state index is 0.342. The number of nitrogens with one attached hydrogen (secondary N) is 1. The Morgan fingerprint density at radius 2 is 2.32 bits per heavy atom. The lowest BCUT2D eigenvalue weighted by Crippen LogP contribution is -2.26. The van der Waals surface area contributed by atoms with Crippen molar-refractivity contribution < 1.29 is 4.74 Å². The molecule has 0 radical (unpaired) electrons. The van der Waals surface area contributed by atoms with E-state index >= 15 is 0 Å². The molecular weight excluding hydrogens is 306 g/mol. The van der Waals surface area contributed by atoms with Gasteiger partial charge in [0, 0.05) is 49.0 Å². The van der Waals surface area contributed by atoms with Gasteiger partial charge in [-0.2, -0.15) is 0 Å². The van der Waals surface area contributed by atoms with Gasteiger partial charge in [-0.05, 0) is 41.3 Å². The molecule has 0 amide bonds. The normalized spacial score (nSPS) is 23.1. The van der Waals surface area contributed by atoms with E-state index in [2.05, 4.69) is 37.2 Å². The Bertz CT molecular complexity index is 450. The van der Waals surface area contributed by atoms with Crippen LogP contribution in [-0.2, 0) is 11.3 Å². The van der Waals surface area contributed by atoms with Crippen LogP contribution in [0.1, 0.15) is 24.8 Å². The van der Waals surface area contributed by atoms with Crippen molar-refractivity contribution in [3.8, 4) is 0 Å². The predicted octanol–water partition coefficient (Wildman–Crippen LogP) is 2.32. The van der Waals surface area contributed by atoms with Gasteiger partial charge in [0.1, 0.15) is 5.82 Å². The summed E-state index contributed by atoms with van der Waals surface area (Å²) >= 11 is 3.52. The van der Waals surface area contributed by atoms with Crippen LogP contribution in [0.3, 0.4) is 0 Å². The molecule has 1 aromatic heterocycles. The third kappa shape index (κ3) is 3.27. The Balaban J connectivity index is 1.74. The Labute approximate surface area is 122 Å². The van der Waals surface area contributed by atoms with Crippen LogP contribution in [0.4, 0.5) is 5.82 Å². The van der Waals surface area contributed by atoms with Crippen LogP contribution in [0, 0.1) is 0 Å². The number of halogens is 1. The average Bonchev–Trinajstić information content (AvgIpc) is 3.13. The molecule has 0 bridgehead atoms. The standard InChI is InChI=1S/C14H20BrN3O/c1-19-13-4-5-18(9-13)14-10(6-11(15)8-17-14)7-16-12-2-3-12/h6,8,12-13,16H,2-5,7,9H2,1H3. The number of anilines is 1. The highest BCUT2D eigenvalue weighted by Gasteiger charge is 2.26. The van der Waals surface area contributed by atoms with E-state index in [1.165, 1.54) is 18.4 Å². The van der Waals surface area contributed by atoms with Crippen molar-refractivity contribution in [1.82, 2.24) is 10.3 Å². The highest BCUT2D eigenvalue weighted by Crippen LogP contribution is 2.27. The SMILES string of the molecule is COC1CCN(c2ncc(Br)cc2CNC2CC2)C1. The number of ether oxygens (including phenoxy) is 1. The lowest BCUT2D eigenvalue weighted by molar-refractivity contribution is 0.121. The van der Waals surface area contributed by atoms with Gasteiger partial charge in [-0.25, -0.2) is 4.98 Å². The van der Waals surface area contributed by atoms with E-state index in [4.69, 9.17) is 4.74 Å². The summed E-state index contributed by atoms with van der Waals surface area (Å²) < 4.78 is 6.49. The largest absolute Gasteiger partial charge is 0.380 e. The Morgan fingerprint density at radius 3 is 3.00 bits per heavy atom. The summed E-state index contributed by atoms with van der Waals surface area (Å²) in [4.78, 5) is 6.95. The molecule has 3 rings (SSSR count). The zero-order valence-corrected chi connectivity index (χ0v) is 12.8. The van der Waals surface area contributed by atoms with E-state index in [-0.39, 0.29) is 0 Å². The number of rotatable bonds is 5. The first-order valence-corrected chi connectivity index (χ1v) is 7.71. The molecule has 1 aromatic rings. The van der Waals surface area contributed by atoms with Gasteiger partial charge < -0.3 is 15.0 Å². The van der Waals surface area contributed by atoms with Crippen LogP contribution in [0.5, 0.6) is 0 Å². The first-order valence-electron chi connectivity index (χ1n) is 6.92. The maximum absolute atomic E-state index is 5.44. The molecule has 1 aliphatic heterocycles. The predicted molar refractivity (Wildman–Crippen MR) is 79.4 cm³/mol. The number of nitrogens with zero attached hydrogens (tertiary/aromatic N) is 2. The van der Waals surface area contributed by atoms with Crippen LogP contribution < -0.4 is 10.2 Å². The van der Waals surface area contributed by atoms with Gasteiger partial charge >= 0.3 is 0 Å². The smallest absolute Gasteiger partial charge is 0.133 e. The third-order valence-electron chi connectivity index (χ3n) is 3.85. The number of hydrogen-bond acceptors (Lipinski definition) is 4. The summed E-state index contributed by atoms with van der Waals surface area (Å²) in [6.45, 7) is 2.88. The van der Waals surface area contributed by atoms with E-state index < -0.39 is 0 Å². The fourth-order valence-electron chi connectivity index (χ4n) is 2.54. The molecule has 1 saturated carbocycles. The quantitative estimate of drug-likeness (QED) is 0.901. The van der Waals surface area contributed by atoms with Crippen LogP contribution >= 0.6 is 15.9 Å². The second-order valence-electron chi connectivity index (χ2n) is 5.38. The molecule has 1 saturated heterocycles. The Morgan fingerprint density at radius 1 is 1.47 bits per heavy atom. The van der Waals surface area contributed by atoms with Crippen molar-refractivity contribution in [1.29, 1.82) is 0 Å². The molecule has 0 aromatic carbocycles. The minimum Gasteiger partial charge on any atom is -0.380 e. The summed E-state index contributed by atoms with van der Waals surface area (Å²) in [7, 11) is 1.79. The van der Waals surface area contributed by atoms with Crippen LogP contribution in [0.15, 0.2) is 16.7 Å². The molecule has 1 unspecified atom stereocenters. The van der Waals surface area contributed by atoms with E-state index in [1.54, 1.807) is 7.11 Å². The topological polar surface area (TPSA) is 37.4 Å². The van der Waals surface area contributed by atoms with Crippen molar-refractivity contribution >= 4 is 21.7 Å². The maximum Gasteiger partial charge on any atom is 0.133 e. The second kappa shape index (κ2) is 5.77. The van der Waals surface area contributed by atoms with Gasteiger partial charge in [-0.1, -0.05) is 0 Å². The molecule has 104 valence electrons. The monoisotopic (exact) mass is 325 g/mol.